The topological polar surface area (TPSA) is 54.5 Å². The van der Waals surface area contributed by atoms with E-state index >= 15 is 0 Å². The molecule has 2 aromatic heterocycles. The van der Waals surface area contributed by atoms with Crippen LogP contribution >= 0.6 is 0 Å². The molecule has 0 bridgehead atoms. The molecule has 0 saturated carbocycles. The number of aromatic amines is 1. The van der Waals surface area contributed by atoms with E-state index in [0.29, 0.717) is 0 Å². The summed E-state index contributed by atoms with van der Waals surface area (Å²) in [4.78, 5) is 7.20. The molecule has 0 aliphatic heterocycles. The van der Waals surface area contributed by atoms with Gasteiger partial charge in [-0.25, -0.2) is 0 Å². The maximum absolute atomic E-state index is 4.10. The van der Waals surface area contributed by atoms with Crippen LogP contribution in [0.2, 0.25) is 0 Å². The molecular weight excluding hydrogens is 259 g/mol. The maximum atomic E-state index is 4.10. The van der Waals surface area contributed by atoms with Crippen LogP contribution in [0.4, 0.5) is 0 Å². The van der Waals surface area contributed by atoms with Gasteiger partial charge in [0.25, 0.3) is 0 Å². The number of nitrogens with zero attached hydrogens (tertiary/aromatic N) is 3. The van der Waals surface area contributed by atoms with Gasteiger partial charge in [-0.15, -0.1) is 0 Å². The minimum atomic E-state index is 0.769. The summed E-state index contributed by atoms with van der Waals surface area (Å²) in [7, 11) is 0. The first-order valence-electron chi connectivity index (χ1n) is 3.46. The van der Waals surface area contributed by atoms with Crippen LogP contribution in [-0.2, 0) is 18.7 Å². The van der Waals surface area contributed by atoms with Crippen molar-refractivity contribution in [3.05, 3.63) is 30.6 Å². The van der Waals surface area contributed by atoms with E-state index in [1.54, 1.807) is 12.4 Å². The number of H-pyrrole nitrogens is 1. The molecule has 0 aliphatic rings. The number of rotatable bonds is 1. The molecule has 2 aromatic rings. The second-order valence-corrected chi connectivity index (χ2v) is 2.07. The van der Waals surface area contributed by atoms with Gasteiger partial charge in [0.15, 0.2) is 0 Å². The quantitative estimate of drug-likeness (QED) is 0.778. The molecule has 0 aromatic carbocycles. The molecule has 0 spiro atoms. The Kier molecular flexibility index (Phi) is 4.16. The van der Waals surface area contributed by atoms with Crippen molar-refractivity contribution in [2.75, 3.05) is 0 Å². The van der Waals surface area contributed by atoms with Crippen molar-refractivity contribution >= 4 is 4.99 Å². The van der Waals surface area contributed by atoms with Crippen molar-refractivity contribution in [2.45, 2.75) is 0 Å². The molecule has 0 atom stereocenters. The van der Waals surface area contributed by atoms with E-state index in [2.05, 4.69) is 44.1 Å². The summed E-state index contributed by atoms with van der Waals surface area (Å²) in [6, 6.07) is 5.67. The summed E-state index contributed by atoms with van der Waals surface area (Å²) in [5.41, 5.74) is 1.60. The van der Waals surface area contributed by atoms with Crippen molar-refractivity contribution in [1.82, 2.24) is 20.4 Å². The van der Waals surface area contributed by atoms with Crippen molar-refractivity contribution < 1.29 is 18.7 Å². The first-order valence-corrected chi connectivity index (χ1v) is 4.56. The van der Waals surface area contributed by atoms with Crippen LogP contribution in [0, 0.1) is 0 Å². The summed E-state index contributed by atoms with van der Waals surface area (Å²) >= 11 is 2.50. The fraction of sp³-hybridized carbons (Fsp3) is 0. The van der Waals surface area contributed by atoms with Gasteiger partial charge in [0.2, 0.25) is 0 Å². The molecule has 70 valence electrons. The SMILES string of the molecule is [CH2]=[Pd].c1ccc(-c2cn[nH]n2)nc1. The summed E-state index contributed by atoms with van der Waals surface area (Å²) in [6.45, 7) is 0. The molecule has 4 nitrogen and oxygen atoms in total. The van der Waals surface area contributed by atoms with Crippen LogP contribution in [-0.4, -0.2) is 25.4 Å². The van der Waals surface area contributed by atoms with E-state index in [0.717, 1.165) is 11.4 Å². The zero-order valence-electron chi connectivity index (χ0n) is 6.75. The van der Waals surface area contributed by atoms with Gasteiger partial charge in [-0.3, -0.25) is 4.98 Å². The Hall–Kier alpha value is -1.18. The Balaban J connectivity index is 0.000000396. The Labute approximate surface area is 86.3 Å². The summed E-state index contributed by atoms with van der Waals surface area (Å²) in [5.74, 6) is 0. The van der Waals surface area contributed by atoms with Gasteiger partial charge < -0.3 is 0 Å². The first kappa shape index (κ1) is 9.91. The number of hydrogen-bond donors (Lipinski definition) is 1. The van der Waals surface area contributed by atoms with E-state index in [1.165, 1.54) is 0 Å². The fourth-order valence-electron chi connectivity index (χ4n) is 0.839. The van der Waals surface area contributed by atoms with Gasteiger partial charge in [0.05, 0.1) is 11.9 Å². The summed E-state index contributed by atoms with van der Waals surface area (Å²) < 4.78 is 0. The molecular formula is C8H8N4Pd. The minimum absolute atomic E-state index is 0.769. The van der Waals surface area contributed by atoms with Crippen LogP contribution in [0.3, 0.4) is 0 Å². The molecule has 5 heteroatoms. The standard InChI is InChI=1S/C7H6N4.CH2.Pd/c1-2-4-8-6(3-1)7-5-9-11-10-7;;/h1-5H,(H,9,10,11);1H2;. The normalized spacial score (nSPS) is 8.77. The van der Waals surface area contributed by atoms with E-state index in [4.69, 9.17) is 0 Å². The second-order valence-electron chi connectivity index (χ2n) is 2.07. The zero-order valence-corrected chi connectivity index (χ0v) is 8.31. The minimum Gasteiger partial charge on any atom is -0.254 e. The molecule has 0 radical (unpaired) electrons. The Morgan fingerprint density at radius 2 is 2.08 bits per heavy atom. The number of pyridine rings is 1. The fourth-order valence-corrected chi connectivity index (χ4v) is 0.839. The Bertz CT molecular complexity index is 332. The van der Waals surface area contributed by atoms with Gasteiger partial charge in [-0.2, -0.15) is 15.4 Å². The molecule has 0 saturated heterocycles. The molecule has 0 fully saturated rings. The molecule has 1 N–H and O–H groups in total. The average molecular weight is 267 g/mol. The largest absolute Gasteiger partial charge is 0.254 e. The van der Waals surface area contributed by atoms with Gasteiger partial charge in [0.1, 0.15) is 5.69 Å². The van der Waals surface area contributed by atoms with E-state index in [1.807, 2.05) is 18.2 Å². The van der Waals surface area contributed by atoms with E-state index in [-0.39, 0.29) is 0 Å². The van der Waals surface area contributed by atoms with E-state index in [9.17, 15) is 0 Å². The van der Waals surface area contributed by atoms with Crippen LogP contribution in [0.1, 0.15) is 0 Å². The zero-order chi connectivity index (χ0) is 9.52. The second kappa shape index (κ2) is 5.46. The van der Waals surface area contributed by atoms with Crippen molar-refractivity contribution in [2.24, 2.45) is 0 Å². The molecule has 2 heterocycles. The van der Waals surface area contributed by atoms with Gasteiger partial charge in [-0.05, 0) is 12.1 Å². The van der Waals surface area contributed by atoms with Crippen molar-refractivity contribution in [3.63, 3.8) is 0 Å². The van der Waals surface area contributed by atoms with Crippen LogP contribution in [0.25, 0.3) is 11.4 Å². The third-order valence-electron chi connectivity index (χ3n) is 1.34. The Morgan fingerprint density at radius 3 is 2.62 bits per heavy atom. The molecule has 0 unspecified atom stereocenters. The van der Waals surface area contributed by atoms with Crippen LogP contribution in [0.15, 0.2) is 30.6 Å². The molecule has 0 aliphatic carbocycles. The summed E-state index contributed by atoms with van der Waals surface area (Å²) in [5, 5.41) is 10.1. The van der Waals surface area contributed by atoms with Gasteiger partial charge in [0, 0.05) is 6.20 Å². The maximum Gasteiger partial charge on any atom is 0.131 e. The third kappa shape index (κ3) is 2.65. The Morgan fingerprint density at radius 1 is 1.23 bits per heavy atom. The molecule has 13 heavy (non-hydrogen) atoms. The predicted octanol–water partition coefficient (Wildman–Crippen LogP) is 0.832. The smallest absolute Gasteiger partial charge is 0.131 e. The average Bonchev–Trinajstić information content (AvgIpc) is 2.75. The van der Waals surface area contributed by atoms with E-state index < -0.39 is 0 Å². The first-order chi connectivity index (χ1) is 6.47. The van der Waals surface area contributed by atoms with Crippen LogP contribution in [0.5, 0.6) is 0 Å². The number of aromatic nitrogens is 4. The van der Waals surface area contributed by atoms with Gasteiger partial charge in [-0.1, -0.05) is 6.07 Å². The molecule has 0 amide bonds. The number of nitrogens with one attached hydrogen (secondary N) is 1. The summed E-state index contributed by atoms with van der Waals surface area (Å²) in [6.07, 6.45) is 3.37. The van der Waals surface area contributed by atoms with Crippen molar-refractivity contribution in [3.8, 4) is 11.4 Å². The monoisotopic (exact) mass is 266 g/mol. The van der Waals surface area contributed by atoms with Crippen LogP contribution < -0.4 is 0 Å². The third-order valence-corrected chi connectivity index (χ3v) is 1.34. The number of hydrogen-bond acceptors (Lipinski definition) is 3. The van der Waals surface area contributed by atoms with Gasteiger partial charge >= 0.3 is 23.7 Å². The predicted molar refractivity (Wildman–Crippen MR) is 46.7 cm³/mol. The molecule has 2 rings (SSSR count). The van der Waals surface area contributed by atoms with Crippen molar-refractivity contribution in [1.29, 1.82) is 0 Å².